The number of halogens is 3. The van der Waals surface area contributed by atoms with Gasteiger partial charge in [0.25, 0.3) is 0 Å². The number of hydrogen-bond acceptors (Lipinski definition) is 3. The van der Waals surface area contributed by atoms with Gasteiger partial charge in [-0.3, -0.25) is 0 Å². The molecule has 0 saturated carbocycles. The fraction of sp³-hybridized carbons (Fsp3) is 0.533. The van der Waals surface area contributed by atoms with E-state index < -0.39 is 11.7 Å². The molecule has 122 valence electrons. The number of rotatable bonds is 3. The van der Waals surface area contributed by atoms with Gasteiger partial charge in [-0.1, -0.05) is 43.0 Å². The number of benzene rings is 1. The smallest absolute Gasteiger partial charge is 0.355 e. The van der Waals surface area contributed by atoms with E-state index in [1.54, 1.807) is 0 Å². The fourth-order valence-electron chi connectivity index (χ4n) is 2.27. The number of piperazine rings is 1. The van der Waals surface area contributed by atoms with Gasteiger partial charge in [0, 0.05) is 31.9 Å². The van der Waals surface area contributed by atoms with E-state index in [2.05, 4.69) is 16.7 Å². The lowest BCUT2D eigenvalue weighted by Crippen LogP contribution is -2.47. The summed E-state index contributed by atoms with van der Waals surface area (Å²) in [5, 5.41) is 0. The second-order valence-electron chi connectivity index (χ2n) is 5.17. The average Bonchev–Trinajstić information content (AvgIpc) is 2.52. The van der Waals surface area contributed by atoms with Gasteiger partial charge in [0.2, 0.25) is 0 Å². The molecule has 0 aliphatic carbocycles. The first-order chi connectivity index (χ1) is 10.4. The molecule has 0 spiro atoms. The van der Waals surface area contributed by atoms with E-state index in [1.807, 2.05) is 0 Å². The summed E-state index contributed by atoms with van der Waals surface area (Å²) in [5.41, 5.74) is 0.243. The monoisotopic (exact) mass is 348 g/mol. The molecule has 1 aliphatic rings. The van der Waals surface area contributed by atoms with Gasteiger partial charge in [0.05, 0.1) is 5.56 Å². The highest BCUT2D eigenvalue weighted by atomic mass is 32.2. The summed E-state index contributed by atoms with van der Waals surface area (Å²) in [6.07, 6.45) is -4.28. The quantitative estimate of drug-likeness (QED) is 0.765. The Hall–Kier alpha value is -0.790. The van der Waals surface area contributed by atoms with Gasteiger partial charge < -0.3 is 9.80 Å². The summed E-state index contributed by atoms with van der Waals surface area (Å²) in [7, 11) is 0. The summed E-state index contributed by atoms with van der Waals surface area (Å²) in [5.74, 6) is 0.602. The zero-order valence-electron chi connectivity index (χ0n) is 12.4. The van der Waals surface area contributed by atoms with E-state index in [9.17, 15) is 13.2 Å². The lowest BCUT2D eigenvalue weighted by atomic mass is 10.1. The minimum Gasteiger partial charge on any atom is -0.355 e. The van der Waals surface area contributed by atoms with E-state index in [1.165, 1.54) is 23.9 Å². The first kappa shape index (κ1) is 17.6. The predicted octanol–water partition coefficient (Wildman–Crippen LogP) is 3.86. The van der Waals surface area contributed by atoms with Gasteiger partial charge in [-0.15, -0.1) is 0 Å². The Morgan fingerprint density at radius 3 is 2.23 bits per heavy atom. The average molecular weight is 348 g/mol. The molecule has 22 heavy (non-hydrogen) atoms. The molecule has 0 aromatic heterocycles. The van der Waals surface area contributed by atoms with Gasteiger partial charge >= 0.3 is 6.18 Å². The van der Waals surface area contributed by atoms with Crippen molar-refractivity contribution in [2.45, 2.75) is 18.9 Å². The van der Waals surface area contributed by atoms with Crippen LogP contribution in [0.5, 0.6) is 0 Å². The third-order valence-corrected chi connectivity index (χ3v) is 5.32. The summed E-state index contributed by atoms with van der Waals surface area (Å²) in [4.78, 5) is 4.55. The second kappa shape index (κ2) is 7.66. The maximum Gasteiger partial charge on any atom is 0.416 e. The van der Waals surface area contributed by atoms with E-state index in [-0.39, 0.29) is 0 Å². The molecule has 0 amide bonds. The number of nitrogens with zero attached hydrogens (tertiary/aromatic N) is 2. The Kier molecular flexibility index (Phi) is 6.11. The Morgan fingerprint density at radius 2 is 1.73 bits per heavy atom. The van der Waals surface area contributed by atoms with Crippen molar-refractivity contribution in [2.24, 2.45) is 0 Å². The van der Waals surface area contributed by atoms with Crippen LogP contribution in [-0.4, -0.2) is 46.8 Å². The topological polar surface area (TPSA) is 6.48 Å². The Bertz CT molecular complexity index is 495. The van der Waals surface area contributed by atoms with Crippen molar-refractivity contribution < 1.29 is 13.2 Å². The number of hydrogen-bond donors (Lipinski definition) is 0. The highest BCUT2D eigenvalue weighted by molar-refractivity contribution is 8.22. The molecule has 1 fully saturated rings. The lowest BCUT2D eigenvalue weighted by molar-refractivity contribution is -0.137. The third kappa shape index (κ3) is 4.86. The summed E-state index contributed by atoms with van der Waals surface area (Å²) in [6.45, 7) is 7.07. The van der Waals surface area contributed by atoms with Gasteiger partial charge in [-0.25, -0.2) is 0 Å². The molecule has 1 aromatic rings. The minimum atomic E-state index is -4.28. The highest BCUT2D eigenvalue weighted by Crippen LogP contribution is 2.29. The maximum atomic E-state index is 12.5. The van der Waals surface area contributed by atoms with Crippen LogP contribution in [0.3, 0.4) is 0 Å². The number of thiocarbonyl (C=S) groups is 1. The molecule has 7 heteroatoms. The van der Waals surface area contributed by atoms with Gasteiger partial charge in [-0.05, 0) is 24.2 Å². The van der Waals surface area contributed by atoms with Gasteiger partial charge in [-0.2, -0.15) is 13.2 Å². The largest absolute Gasteiger partial charge is 0.416 e. The predicted molar refractivity (Wildman–Crippen MR) is 89.0 cm³/mol. The summed E-state index contributed by atoms with van der Waals surface area (Å²) >= 11 is 6.94. The van der Waals surface area contributed by atoms with Crippen LogP contribution >= 0.6 is 24.0 Å². The van der Waals surface area contributed by atoms with E-state index >= 15 is 0 Å². The molecule has 0 bridgehead atoms. The van der Waals surface area contributed by atoms with Crippen molar-refractivity contribution in [3.63, 3.8) is 0 Å². The van der Waals surface area contributed by atoms with Crippen LogP contribution in [0.1, 0.15) is 18.1 Å². The van der Waals surface area contributed by atoms with E-state index in [0.29, 0.717) is 5.75 Å². The number of thioether (sulfide) groups is 1. The van der Waals surface area contributed by atoms with Crippen LogP contribution in [0.25, 0.3) is 0 Å². The zero-order valence-corrected chi connectivity index (χ0v) is 14.0. The maximum absolute atomic E-state index is 12.5. The van der Waals surface area contributed by atoms with Crippen LogP contribution in [0, 0.1) is 0 Å². The number of alkyl halides is 3. The van der Waals surface area contributed by atoms with Crippen molar-refractivity contribution >= 4 is 28.3 Å². The van der Waals surface area contributed by atoms with Crippen molar-refractivity contribution in [3.05, 3.63) is 35.4 Å². The Labute approximate surface area is 138 Å². The van der Waals surface area contributed by atoms with Crippen LogP contribution < -0.4 is 0 Å². The van der Waals surface area contributed by atoms with Gasteiger partial charge in [0.1, 0.15) is 4.32 Å². The lowest BCUT2D eigenvalue weighted by Gasteiger charge is -2.35. The molecular formula is C15H19F3N2S2. The molecule has 1 aromatic carbocycles. The molecule has 0 unspecified atom stereocenters. The molecule has 0 N–H and O–H groups in total. The Morgan fingerprint density at radius 1 is 1.14 bits per heavy atom. The van der Waals surface area contributed by atoms with Crippen molar-refractivity contribution in [1.29, 1.82) is 0 Å². The van der Waals surface area contributed by atoms with Crippen molar-refractivity contribution in [1.82, 2.24) is 9.80 Å². The molecule has 1 heterocycles. The second-order valence-corrected chi connectivity index (χ2v) is 6.78. The van der Waals surface area contributed by atoms with E-state index in [4.69, 9.17) is 12.2 Å². The van der Waals surface area contributed by atoms with Crippen LogP contribution in [-0.2, 0) is 11.9 Å². The third-order valence-electron chi connectivity index (χ3n) is 3.72. The first-order valence-electron chi connectivity index (χ1n) is 7.20. The van der Waals surface area contributed by atoms with Crippen LogP contribution in [0.2, 0.25) is 0 Å². The zero-order chi connectivity index (χ0) is 16.2. The molecule has 1 aliphatic heterocycles. The normalized spacial score (nSPS) is 16.8. The molecule has 2 nitrogen and oxygen atoms in total. The molecular weight excluding hydrogens is 329 g/mol. The summed E-state index contributed by atoms with van der Waals surface area (Å²) in [6, 6.07) is 5.29. The molecule has 0 radical (unpaired) electrons. The minimum absolute atomic E-state index is 0.602. The molecule has 1 saturated heterocycles. The molecule has 2 rings (SSSR count). The molecule has 0 atom stereocenters. The highest BCUT2D eigenvalue weighted by Gasteiger charge is 2.29. The standard InChI is InChI=1S/C15H19F3N2S2/c1-2-19-7-9-20(10-8-19)14(21)22-11-12-3-5-13(6-4-12)15(16,17)18/h3-6H,2,7-11H2,1H3. The first-order valence-corrected chi connectivity index (χ1v) is 8.59. The Balaban J connectivity index is 1.81. The van der Waals surface area contributed by atoms with Crippen LogP contribution in [0.4, 0.5) is 13.2 Å². The van der Waals surface area contributed by atoms with Crippen molar-refractivity contribution in [2.75, 3.05) is 32.7 Å². The van der Waals surface area contributed by atoms with E-state index in [0.717, 1.165) is 54.7 Å². The number of likely N-dealkylation sites (N-methyl/N-ethyl adjacent to an activating group) is 1. The van der Waals surface area contributed by atoms with Crippen LogP contribution in [0.15, 0.2) is 24.3 Å². The summed E-state index contributed by atoms with van der Waals surface area (Å²) < 4.78 is 38.3. The fourth-order valence-corrected chi connectivity index (χ4v) is 3.48. The SMILES string of the molecule is CCN1CCN(C(=S)SCc2ccc(C(F)(F)F)cc2)CC1. The van der Waals surface area contributed by atoms with Crippen molar-refractivity contribution in [3.8, 4) is 0 Å². The van der Waals surface area contributed by atoms with Gasteiger partial charge in [0.15, 0.2) is 0 Å².